The van der Waals surface area contributed by atoms with Crippen LogP contribution in [0.25, 0.3) is 11.4 Å². The molecule has 1 aliphatic rings. The number of rotatable bonds is 2. The van der Waals surface area contributed by atoms with E-state index in [1.54, 1.807) is 0 Å². The zero-order chi connectivity index (χ0) is 10.8. The molecule has 0 atom stereocenters. The number of amidine groups is 1. The molecule has 2 heterocycles. The highest BCUT2D eigenvalue weighted by atomic mass is 33.1. The molecule has 0 saturated heterocycles. The maximum absolute atomic E-state index is 4.28. The van der Waals surface area contributed by atoms with E-state index < -0.39 is 0 Å². The largest absolute Gasteiger partial charge is 0.462 e. The summed E-state index contributed by atoms with van der Waals surface area (Å²) in [6.07, 6.45) is 0. The van der Waals surface area contributed by atoms with Gasteiger partial charge in [0.1, 0.15) is 0 Å². The van der Waals surface area contributed by atoms with Crippen molar-refractivity contribution in [3.63, 3.8) is 0 Å². The molecule has 0 unspecified atom stereocenters. The molecule has 80 valence electrons. The normalized spacial score (nSPS) is 14.6. The highest BCUT2D eigenvalue weighted by Crippen LogP contribution is 2.28. The van der Waals surface area contributed by atoms with Gasteiger partial charge in [-0.3, -0.25) is 0 Å². The summed E-state index contributed by atoms with van der Waals surface area (Å²) in [5, 5.41) is 0. The van der Waals surface area contributed by atoms with Crippen LogP contribution in [0.2, 0.25) is 0 Å². The average molecular weight is 285 g/mol. The second-order valence-corrected chi connectivity index (χ2v) is 6.14. The Balaban J connectivity index is 2.00. The fourth-order valence-electron chi connectivity index (χ4n) is 1.28. The molecule has 16 heavy (non-hydrogen) atoms. The van der Waals surface area contributed by atoms with Gasteiger partial charge in [0.25, 0.3) is 0 Å². The Labute approximate surface area is 108 Å². The minimum atomic E-state index is 0.788. The number of hydrogen-bond acceptors (Lipinski definition) is 7. The van der Waals surface area contributed by atoms with Crippen molar-refractivity contribution in [3.05, 3.63) is 29.8 Å². The van der Waals surface area contributed by atoms with E-state index in [1.165, 1.54) is 43.0 Å². The maximum atomic E-state index is 4.28. The van der Waals surface area contributed by atoms with E-state index in [9.17, 15) is 0 Å². The SMILES string of the molecule is c1cc(C2=NSSN2)cc(-c2ns[s+]n2)c1. The fraction of sp³-hybridized carbons (Fsp3) is 0. The molecule has 1 aromatic heterocycles. The molecule has 0 amide bonds. The van der Waals surface area contributed by atoms with E-state index in [-0.39, 0.29) is 0 Å². The lowest BCUT2D eigenvalue weighted by molar-refractivity contribution is 1.38. The Hall–Kier alpha value is -0.700. The predicted molar refractivity (Wildman–Crippen MR) is 72.5 cm³/mol. The molecular weight excluding hydrogens is 280 g/mol. The maximum Gasteiger partial charge on any atom is 0.462 e. The highest BCUT2D eigenvalue weighted by Gasteiger charge is 2.14. The summed E-state index contributed by atoms with van der Waals surface area (Å²) >= 11 is 0. The Morgan fingerprint density at radius 1 is 1.25 bits per heavy atom. The van der Waals surface area contributed by atoms with Gasteiger partial charge in [-0.1, -0.05) is 18.2 Å². The van der Waals surface area contributed by atoms with E-state index in [1.807, 2.05) is 24.3 Å². The van der Waals surface area contributed by atoms with Gasteiger partial charge in [0.05, 0.1) is 15.4 Å². The first-order valence-corrected chi connectivity index (χ1v) is 8.50. The van der Waals surface area contributed by atoms with E-state index in [4.69, 9.17) is 0 Å². The topological polar surface area (TPSA) is 50.2 Å². The molecule has 0 saturated carbocycles. The van der Waals surface area contributed by atoms with Crippen LogP contribution in [0.4, 0.5) is 0 Å². The summed E-state index contributed by atoms with van der Waals surface area (Å²) < 4.78 is 15.9. The van der Waals surface area contributed by atoms with Crippen LogP contribution in [0.1, 0.15) is 5.56 Å². The van der Waals surface area contributed by atoms with Crippen LogP contribution >= 0.6 is 43.0 Å². The second-order valence-electron chi connectivity index (χ2n) is 2.94. The van der Waals surface area contributed by atoms with Crippen molar-refractivity contribution >= 4 is 48.9 Å². The van der Waals surface area contributed by atoms with Gasteiger partial charge in [0, 0.05) is 22.1 Å². The molecule has 1 aromatic carbocycles. The molecule has 0 radical (unpaired) electrons. The Morgan fingerprint density at radius 3 is 2.94 bits per heavy atom. The highest BCUT2D eigenvalue weighted by molar-refractivity contribution is 8.76. The van der Waals surface area contributed by atoms with Crippen molar-refractivity contribution in [1.82, 2.24) is 13.5 Å². The van der Waals surface area contributed by atoms with Gasteiger partial charge in [-0.25, -0.2) is 0 Å². The predicted octanol–water partition coefficient (Wildman–Crippen LogP) is 3.11. The van der Waals surface area contributed by atoms with Gasteiger partial charge >= 0.3 is 21.1 Å². The molecule has 0 bridgehead atoms. The number of nitrogens with zero attached hydrogens (tertiary/aromatic N) is 3. The van der Waals surface area contributed by atoms with Crippen molar-refractivity contribution in [1.29, 1.82) is 0 Å². The van der Waals surface area contributed by atoms with E-state index in [2.05, 4.69) is 17.9 Å². The van der Waals surface area contributed by atoms with Gasteiger partial charge in [0.15, 0.2) is 5.84 Å². The van der Waals surface area contributed by atoms with Gasteiger partial charge < -0.3 is 4.72 Å². The molecule has 1 N–H and O–H groups in total. The lowest BCUT2D eigenvalue weighted by Crippen LogP contribution is -2.12. The van der Waals surface area contributed by atoms with Crippen LogP contribution in [0.5, 0.6) is 0 Å². The zero-order valence-electron chi connectivity index (χ0n) is 7.78. The lowest BCUT2D eigenvalue weighted by Gasteiger charge is -2.01. The number of benzene rings is 1. The Morgan fingerprint density at radius 2 is 2.19 bits per heavy atom. The lowest BCUT2D eigenvalue weighted by atomic mass is 10.1. The third-order valence-corrected chi connectivity index (χ3v) is 4.49. The first-order valence-electron chi connectivity index (χ1n) is 4.33. The zero-order valence-corrected chi connectivity index (χ0v) is 11.1. The van der Waals surface area contributed by atoms with Crippen LogP contribution in [-0.2, 0) is 0 Å². The smallest absolute Gasteiger partial charge is 0.303 e. The molecule has 0 aliphatic carbocycles. The van der Waals surface area contributed by atoms with Gasteiger partial charge in [-0.15, -0.1) is 4.37 Å². The second kappa shape index (κ2) is 4.66. The summed E-state index contributed by atoms with van der Waals surface area (Å²) in [7, 11) is 5.76. The van der Waals surface area contributed by atoms with Gasteiger partial charge in [-0.2, -0.15) is 4.40 Å². The van der Waals surface area contributed by atoms with Crippen molar-refractivity contribution in [2.75, 3.05) is 0 Å². The first kappa shape index (κ1) is 10.5. The summed E-state index contributed by atoms with van der Waals surface area (Å²) in [5.41, 5.74) is 2.09. The third kappa shape index (κ3) is 2.05. The summed E-state index contributed by atoms with van der Waals surface area (Å²) in [6, 6.07) is 8.08. The summed E-state index contributed by atoms with van der Waals surface area (Å²) in [6.45, 7) is 0. The Bertz CT molecular complexity index is 525. The van der Waals surface area contributed by atoms with E-state index in [0.717, 1.165) is 22.8 Å². The van der Waals surface area contributed by atoms with Crippen LogP contribution in [0, 0.1) is 0 Å². The number of aromatic nitrogens is 2. The molecule has 8 heteroatoms. The van der Waals surface area contributed by atoms with E-state index in [0.29, 0.717) is 0 Å². The summed E-state index contributed by atoms with van der Waals surface area (Å²) in [5.74, 6) is 1.69. The van der Waals surface area contributed by atoms with Crippen LogP contribution in [0.3, 0.4) is 0 Å². The van der Waals surface area contributed by atoms with Crippen molar-refractivity contribution < 1.29 is 0 Å². The molecule has 4 nitrogen and oxygen atoms in total. The standard InChI is InChI=1S/C8H5N4S4/c1-2-5(7-9-13-14-10-7)4-6(3-1)8-11-15-16-12-8/h1-4H,(H,9,10)/q+1. The number of hydrogen-bond donors (Lipinski definition) is 1. The average Bonchev–Trinajstić information content (AvgIpc) is 3.03. The first-order chi connectivity index (χ1) is 7.93. The summed E-state index contributed by atoms with van der Waals surface area (Å²) in [4.78, 5) is 0. The van der Waals surface area contributed by atoms with Crippen LogP contribution in [-0.4, -0.2) is 14.6 Å². The van der Waals surface area contributed by atoms with Gasteiger partial charge in [-0.05, 0) is 6.07 Å². The minimum absolute atomic E-state index is 0.788. The molecule has 0 fully saturated rings. The molecule has 3 rings (SSSR count). The molecule has 2 aromatic rings. The minimum Gasteiger partial charge on any atom is -0.303 e. The van der Waals surface area contributed by atoms with Crippen molar-refractivity contribution in [2.24, 2.45) is 4.40 Å². The molecule has 0 spiro atoms. The molecular formula is C8H5N4S4+. The van der Waals surface area contributed by atoms with Crippen molar-refractivity contribution in [3.8, 4) is 11.4 Å². The van der Waals surface area contributed by atoms with Crippen LogP contribution < -0.4 is 4.72 Å². The third-order valence-electron chi connectivity index (χ3n) is 1.98. The fourth-order valence-corrected chi connectivity index (χ4v) is 3.74. The number of nitrogens with one attached hydrogen (secondary N) is 1. The van der Waals surface area contributed by atoms with E-state index >= 15 is 0 Å². The monoisotopic (exact) mass is 285 g/mol. The molecule has 1 aliphatic heterocycles. The van der Waals surface area contributed by atoms with Crippen molar-refractivity contribution in [2.45, 2.75) is 0 Å². The van der Waals surface area contributed by atoms with Gasteiger partial charge in [0.2, 0.25) is 5.82 Å². The quantitative estimate of drug-likeness (QED) is 0.522. The van der Waals surface area contributed by atoms with Crippen LogP contribution in [0.15, 0.2) is 28.7 Å². The Kier molecular flexibility index (Phi) is 3.04.